The molecule has 1 fully saturated rings. The molecule has 1 amide bonds. The van der Waals surface area contributed by atoms with E-state index in [4.69, 9.17) is 4.74 Å². The molecule has 0 bridgehead atoms. The summed E-state index contributed by atoms with van der Waals surface area (Å²) in [6, 6.07) is 9.67. The van der Waals surface area contributed by atoms with E-state index in [9.17, 15) is 14.0 Å². The lowest BCUT2D eigenvalue weighted by atomic mass is 9.81. The number of carbonyl (C=O) groups is 2. The highest BCUT2D eigenvalue weighted by molar-refractivity contribution is 6.02. The first kappa shape index (κ1) is 17.7. The summed E-state index contributed by atoms with van der Waals surface area (Å²) in [5, 5.41) is 0. The Bertz CT molecular complexity index is 929. The SMILES string of the molecule is Cc1cc(C)c2c(c1)OC1(CCN(C(=O)c3cccc(F)c3)CC1)CC2=O. The quantitative estimate of drug-likeness (QED) is 0.763. The highest BCUT2D eigenvalue weighted by Crippen LogP contribution is 2.41. The fourth-order valence-corrected chi connectivity index (χ4v) is 4.22. The summed E-state index contributed by atoms with van der Waals surface area (Å²) in [6.07, 6.45) is 1.52. The third-order valence-electron chi connectivity index (χ3n) is 5.57. The normalized spacial score (nSPS) is 18.2. The summed E-state index contributed by atoms with van der Waals surface area (Å²) in [5.41, 5.74) is 2.49. The van der Waals surface area contributed by atoms with Crippen LogP contribution in [0.3, 0.4) is 0 Å². The molecule has 2 aliphatic rings. The second-order valence-electron chi connectivity index (χ2n) is 7.64. The molecule has 4 nitrogen and oxygen atoms in total. The molecule has 0 N–H and O–H groups in total. The van der Waals surface area contributed by atoms with Crippen LogP contribution in [0.25, 0.3) is 0 Å². The molecule has 4 rings (SSSR count). The first-order valence-electron chi connectivity index (χ1n) is 9.25. The maximum Gasteiger partial charge on any atom is 0.253 e. The van der Waals surface area contributed by atoms with Gasteiger partial charge in [0, 0.05) is 31.5 Å². The molecule has 0 radical (unpaired) electrons. The third kappa shape index (κ3) is 3.22. The molecule has 27 heavy (non-hydrogen) atoms. The lowest BCUT2D eigenvalue weighted by molar-refractivity contribution is -0.00582. The number of fused-ring (bicyclic) bond motifs is 1. The van der Waals surface area contributed by atoms with Crippen molar-refractivity contribution in [1.82, 2.24) is 4.90 Å². The van der Waals surface area contributed by atoms with Gasteiger partial charge in [0.1, 0.15) is 17.2 Å². The first-order chi connectivity index (χ1) is 12.9. The fraction of sp³-hybridized carbons (Fsp3) is 0.364. The van der Waals surface area contributed by atoms with Crippen molar-refractivity contribution in [3.63, 3.8) is 0 Å². The van der Waals surface area contributed by atoms with E-state index >= 15 is 0 Å². The van der Waals surface area contributed by atoms with Gasteiger partial charge >= 0.3 is 0 Å². The summed E-state index contributed by atoms with van der Waals surface area (Å²) in [5.74, 6) is 0.170. The van der Waals surface area contributed by atoms with E-state index in [0.29, 0.717) is 49.2 Å². The number of Topliss-reactive ketones (excluding diaryl/α,β-unsaturated/α-hetero) is 1. The number of rotatable bonds is 1. The largest absolute Gasteiger partial charge is 0.486 e. The highest BCUT2D eigenvalue weighted by atomic mass is 19.1. The first-order valence-corrected chi connectivity index (χ1v) is 9.25. The zero-order chi connectivity index (χ0) is 19.2. The number of benzene rings is 2. The van der Waals surface area contributed by atoms with E-state index in [0.717, 1.165) is 11.1 Å². The lowest BCUT2D eigenvalue weighted by Crippen LogP contribution is -2.52. The molecule has 5 heteroatoms. The summed E-state index contributed by atoms with van der Waals surface area (Å²) in [6.45, 7) is 4.90. The molecule has 0 unspecified atom stereocenters. The predicted octanol–water partition coefficient (Wildman–Crippen LogP) is 4.08. The van der Waals surface area contributed by atoms with Crippen molar-refractivity contribution in [3.05, 3.63) is 64.5 Å². The average molecular weight is 367 g/mol. The van der Waals surface area contributed by atoms with Crippen molar-refractivity contribution in [1.29, 1.82) is 0 Å². The van der Waals surface area contributed by atoms with Crippen LogP contribution in [0.1, 0.15) is 51.1 Å². The number of ketones is 1. The van der Waals surface area contributed by atoms with Crippen molar-refractivity contribution >= 4 is 11.7 Å². The van der Waals surface area contributed by atoms with Gasteiger partial charge in [-0.15, -0.1) is 0 Å². The Morgan fingerprint density at radius 1 is 1.15 bits per heavy atom. The highest BCUT2D eigenvalue weighted by Gasteiger charge is 2.44. The summed E-state index contributed by atoms with van der Waals surface area (Å²) >= 11 is 0. The summed E-state index contributed by atoms with van der Waals surface area (Å²) in [7, 11) is 0. The molecule has 1 spiro atoms. The van der Waals surface area contributed by atoms with Gasteiger partial charge in [0.15, 0.2) is 5.78 Å². The number of nitrogens with zero attached hydrogens (tertiary/aromatic N) is 1. The number of piperidine rings is 1. The van der Waals surface area contributed by atoms with E-state index in [1.54, 1.807) is 17.0 Å². The van der Waals surface area contributed by atoms with Crippen molar-refractivity contribution in [3.8, 4) is 5.75 Å². The maximum absolute atomic E-state index is 13.4. The Kier molecular flexibility index (Phi) is 4.25. The number of amides is 1. The monoisotopic (exact) mass is 367 g/mol. The van der Waals surface area contributed by atoms with Crippen molar-refractivity contribution in [2.75, 3.05) is 13.1 Å². The Hall–Kier alpha value is -2.69. The van der Waals surface area contributed by atoms with Gasteiger partial charge < -0.3 is 9.64 Å². The van der Waals surface area contributed by atoms with Gasteiger partial charge in [-0.05, 0) is 49.2 Å². The molecule has 2 aliphatic heterocycles. The number of hydrogen-bond acceptors (Lipinski definition) is 3. The van der Waals surface area contributed by atoms with E-state index in [2.05, 4.69) is 0 Å². The molecule has 0 atom stereocenters. The van der Waals surface area contributed by atoms with Crippen molar-refractivity contribution in [2.45, 2.75) is 38.7 Å². The minimum absolute atomic E-state index is 0.110. The van der Waals surface area contributed by atoms with Crippen LogP contribution in [0.2, 0.25) is 0 Å². The second kappa shape index (κ2) is 6.48. The predicted molar refractivity (Wildman–Crippen MR) is 99.8 cm³/mol. The molecule has 2 heterocycles. The Morgan fingerprint density at radius 2 is 1.89 bits per heavy atom. The number of aryl methyl sites for hydroxylation is 2. The minimum Gasteiger partial charge on any atom is -0.486 e. The van der Waals surface area contributed by atoms with Crippen LogP contribution in [-0.4, -0.2) is 35.3 Å². The number of hydrogen-bond donors (Lipinski definition) is 0. The number of carbonyl (C=O) groups excluding carboxylic acids is 2. The maximum atomic E-state index is 13.4. The van der Waals surface area contributed by atoms with Gasteiger partial charge in [0.05, 0.1) is 12.0 Å². The van der Waals surface area contributed by atoms with Crippen molar-refractivity contribution < 1.29 is 18.7 Å². The molecular weight excluding hydrogens is 345 g/mol. The molecule has 0 saturated carbocycles. The smallest absolute Gasteiger partial charge is 0.253 e. The van der Waals surface area contributed by atoms with Gasteiger partial charge in [0.2, 0.25) is 0 Å². The molecule has 0 aliphatic carbocycles. The number of likely N-dealkylation sites (tertiary alicyclic amines) is 1. The van der Waals surface area contributed by atoms with Crippen LogP contribution in [0.15, 0.2) is 36.4 Å². The average Bonchev–Trinajstić information content (AvgIpc) is 2.60. The van der Waals surface area contributed by atoms with Crippen LogP contribution in [0.5, 0.6) is 5.75 Å². The Labute approximate surface area is 157 Å². The van der Waals surface area contributed by atoms with Crippen LogP contribution in [0.4, 0.5) is 4.39 Å². The number of halogens is 1. The van der Waals surface area contributed by atoms with Crippen LogP contribution >= 0.6 is 0 Å². The standard InChI is InChI=1S/C22H22FNO3/c1-14-10-15(2)20-18(25)13-22(27-19(20)11-14)6-8-24(9-7-22)21(26)16-4-3-5-17(23)12-16/h3-5,10-12H,6-9,13H2,1-2H3. The van der Waals surface area contributed by atoms with Gasteiger partial charge in [0.25, 0.3) is 5.91 Å². The molecule has 2 aromatic carbocycles. The zero-order valence-electron chi connectivity index (χ0n) is 15.5. The Balaban J connectivity index is 1.52. The van der Waals surface area contributed by atoms with E-state index in [-0.39, 0.29) is 11.7 Å². The fourth-order valence-electron chi connectivity index (χ4n) is 4.22. The van der Waals surface area contributed by atoms with Gasteiger partial charge in [-0.3, -0.25) is 9.59 Å². The number of ether oxygens (including phenoxy) is 1. The van der Waals surface area contributed by atoms with Crippen LogP contribution in [0, 0.1) is 19.7 Å². The van der Waals surface area contributed by atoms with E-state index in [1.165, 1.54) is 12.1 Å². The minimum atomic E-state index is -0.553. The zero-order valence-corrected chi connectivity index (χ0v) is 15.5. The molecular formula is C22H22FNO3. The third-order valence-corrected chi connectivity index (χ3v) is 5.57. The Morgan fingerprint density at radius 3 is 2.59 bits per heavy atom. The van der Waals surface area contributed by atoms with E-state index in [1.807, 2.05) is 26.0 Å². The van der Waals surface area contributed by atoms with Gasteiger partial charge in [-0.1, -0.05) is 12.1 Å². The molecule has 0 aromatic heterocycles. The molecule has 1 saturated heterocycles. The topological polar surface area (TPSA) is 46.6 Å². The summed E-state index contributed by atoms with van der Waals surface area (Å²) in [4.78, 5) is 27.1. The van der Waals surface area contributed by atoms with Gasteiger partial charge in [-0.25, -0.2) is 4.39 Å². The molecule has 140 valence electrons. The lowest BCUT2D eigenvalue weighted by Gasteiger charge is -2.44. The van der Waals surface area contributed by atoms with E-state index < -0.39 is 11.4 Å². The van der Waals surface area contributed by atoms with Gasteiger partial charge in [-0.2, -0.15) is 0 Å². The second-order valence-corrected chi connectivity index (χ2v) is 7.64. The molecule has 2 aromatic rings. The van der Waals surface area contributed by atoms with Crippen molar-refractivity contribution in [2.24, 2.45) is 0 Å². The summed E-state index contributed by atoms with van der Waals surface area (Å²) < 4.78 is 19.7. The van der Waals surface area contributed by atoms with Crippen LogP contribution in [-0.2, 0) is 0 Å². The van der Waals surface area contributed by atoms with Crippen LogP contribution < -0.4 is 4.74 Å².